The highest BCUT2D eigenvalue weighted by Gasteiger charge is 2.26. The predicted molar refractivity (Wildman–Crippen MR) is 96.9 cm³/mol. The molecule has 1 amide bonds. The van der Waals surface area contributed by atoms with Gasteiger partial charge in [0, 0.05) is 19.2 Å². The Hall–Kier alpha value is -2.63. The van der Waals surface area contributed by atoms with Crippen molar-refractivity contribution in [1.82, 2.24) is 9.88 Å². The highest BCUT2D eigenvalue weighted by Crippen LogP contribution is 2.19. The Balaban J connectivity index is 2.16. The lowest BCUT2D eigenvalue weighted by atomic mass is 10.3. The summed E-state index contributed by atoms with van der Waals surface area (Å²) in [7, 11) is 1.53. The van der Waals surface area contributed by atoms with Crippen LogP contribution in [0.5, 0.6) is 0 Å². The molecule has 8 heteroatoms. The van der Waals surface area contributed by atoms with Gasteiger partial charge in [0.1, 0.15) is 22.3 Å². The molecular formula is C18H19N3O4S. The van der Waals surface area contributed by atoms with Gasteiger partial charge in [-0.25, -0.2) is 0 Å². The van der Waals surface area contributed by atoms with Gasteiger partial charge in [0.15, 0.2) is 5.57 Å². The Labute approximate surface area is 153 Å². The molecule has 2 heterocycles. The van der Waals surface area contributed by atoms with Crippen LogP contribution in [0.25, 0.3) is 11.6 Å². The minimum atomic E-state index is -0.442. The average Bonchev–Trinajstić information content (AvgIpc) is 3.25. The van der Waals surface area contributed by atoms with Crippen molar-refractivity contribution in [3.05, 3.63) is 43.2 Å². The van der Waals surface area contributed by atoms with Crippen molar-refractivity contribution in [3.63, 3.8) is 0 Å². The number of aryl methyl sites for hydroxylation is 1. The number of nitriles is 1. The normalized spacial score (nSPS) is 15.7. The van der Waals surface area contributed by atoms with Crippen LogP contribution in [-0.2, 0) is 16.1 Å². The topological polar surface area (TPSA) is 97.3 Å². The van der Waals surface area contributed by atoms with Crippen LogP contribution < -0.4 is 20.1 Å². The summed E-state index contributed by atoms with van der Waals surface area (Å²) in [5.41, 5.74) is -0.326. The standard InChI is InChI=1S/C18H19N3O4S/c1-11-3-6-13(25-11)9-15-17(23)21(7-8-24-2)18(26-15)14(10-19)16(22)20-12-4-5-12/h3,6,9,12H,4-5,7-8H2,1-2H3,(H,20,22)/b15-9+,18-14+. The zero-order chi connectivity index (χ0) is 18.7. The molecule has 1 N–H and O–H groups in total. The molecule has 0 saturated heterocycles. The van der Waals surface area contributed by atoms with Crippen LogP contribution in [0.2, 0.25) is 0 Å². The van der Waals surface area contributed by atoms with Crippen LogP contribution in [-0.4, -0.2) is 30.2 Å². The van der Waals surface area contributed by atoms with Gasteiger partial charge in [0.2, 0.25) is 0 Å². The second-order valence-corrected chi connectivity index (χ2v) is 7.08. The lowest BCUT2D eigenvalue weighted by Crippen LogP contribution is -2.36. The predicted octanol–water partition coefficient (Wildman–Crippen LogP) is 0.239. The number of nitrogens with one attached hydrogen (secondary N) is 1. The number of methoxy groups -OCH3 is 1. The molecule has 0 spiro atoms. The van der Waals surface area contributed by atoms with Crippen LogP contribution >= 0.6 is 11.3 Å². The Morgan fingerprint density at radius 1 is 1.54 bits per heavy atom. The van der Waals surface area contributed by atoms with Gasteiger partial charge in [-0.15, -0.1) is 11.3 Å². The van der Waals surface area contributed by atoms with E-state index in [1.54, 1.807) is 18.2 Å². The number of hydrogen-bond acceptors (Lipinski definition) is 6. The van der Waals surface area contributed by atoms with Gasteiger partial charge in [-0.05, 0) is 31.9 Å². The second-order valence-electron chi connectivity index (χ2n) is 6.05. The molecule has 1 saturated carbocycles. The SMILES string of the molecule is COCCn1c(=O)/c(=C\c2ccc(C)o2)s/c1=C(\C#N)C(=O)NC1CC1. The number of carbonyl (C=O) groups excluding carboxylic acids is 1. The van der Waals surface area contributed by atoms with Gasteiger partial charge >= 0.3 is 0 Å². The Kier molecular flexibility index (Phi) is 5.40. The fraction of sp³-hybridized carbons (Fsp3) is 0.389. The molecule has 1 aliphatic rings. The monoisotopic (exact) mass is 373 g/mol. The first-order chi connectivity index (χ1) is 12.5. The Morgan fingerprint density at radius 3 is 2.88 bits per heavy atom. The third kappa shape index (κ3) is 3.95. The van der Waals surface area contributed by atoms with E-state index < -0.39 is 5.91 Å². The first kappa shape index (κ1) is 18.2. The average molecular weight is 373 g/mol. The first-order valence-corrected chi connectivity index (χ1v) is 9.07. The van der Waals surface area contributed by atoms with Gasteiger partial charge in [-0.1, -0.05) is 0 Å². The number of nitrogens with zero attached hydrogens (tertiary/aromatic N) is 2. The van der Waals surface area contributed by atoms with Crippen molar-refractivity contribution in [2.45, 2.75) is 32.4 Å². The molecule has 0 bridgehead atoms. The zero-order valence-electron chi connectivity index (χ0n) is 14.6. The molecule has 0 aliphatic heterocycles. The number of carbonyl (C=O) groups is 1. The van der Waals surface area contributed by atoms with E-state index in [0.717, 1.165) is 29.9 Å². The quantitative estimate of drug-likeness (QED) is 0.782. The largest absolute Gasteiger partial charge is 0.462 e. The van der Waals surface area contributed by atoms with E-state index in [4.69, 9.17) is 9.15 Å². The minimum absolute atomic E-state index is 0.0506. The van der Waals surface area contributed by atoms with Gasteiger partial charge in [0.25, 0.3) is 11.5 Å². The summed E-state index contributed by atoms with van der Waals surface area (Å²) >= 11 is 1.11. The second kappa shape index (κ2) is 7.72. The maximum atomic E-state index is 12.8. The third-order valence-corrected chi connectivity index (χ3v) is 5.06. The molecule has 0 atom stereocenters. The molecule has 2 aromatic rings. The van der Waals surface area contributed by atoms with Crippen molar-refractivity contribution in [2.24, 2.45) is 0 Å². The lowest BCUT2D eigenvalue weighted by Gasteiger charge is -2.03. The Bertz CT molecular complexity index is 1030. The van der Waals surface area contributed by atoms with Gasteiger partial charge in [-0.3, -0.25) is 14.2 Å². The molecule has 0 aromatic carbocycles. The van der Waals surface area contributed by atoms with Crippen LogP contribution in [0.4, 0.5) is 0 Å². The van der Waals surface area contributed by atoms with Gasteiger partial charge in [-0.2, -0.15) is 5.26 Å². The molecule has 26 heavy (non-hydrogen) atoms. The van der Waals surface area contributed by atoms with Crippen molar-refractivity contribution in [2.75, 3.05) is 13.7 Å². The number of amides is 1. The fourth-order valence-electron chi connectivity index (χ4n) is 2.43. The molecule has 1 aliphatic carbocycles. The molecule has 3 rings (SSSR count). The van der Waals surface area contributed by atoms with Crippen molar-refractivity contribution in [1.29, 1.82) is 5.26 Å². The molecule has 2 aromatic heterocycles. The summed E-state index contributed by atoms with van der Waals surface area (Å²) in [6.07, 6.45) is 3.46. The van der Waals surface area contributed by atoms with Crippen molar-refractivity contribution in [3.8, 4) is 6.07 Å². The van der Waals surface area contributed by atoms with Crippen LogP contribution in [0, 0.1) is 18.3 Å². The number of ether oxygens (including phenoxy) is 1. The lowest BCUT2D eigenvalue weighted by molar-refractivity contribution is -0.115. The molecule has 0 unspecified atom stereocenters. The van der Waals surface area contributed by atoms with E-state index in [9.17, 15) is 14.9 Å². The first-order valence-electron chi connectivity index (χ1n) is 8.25. The number of furan rings is 1. The molecule has 1 fully saturated rings. The third-order valence-electron chi connectivity index (χ3n) is 3.93. The van der Waals surface area contributed by atoms with E-state index in [2.05, 4.69) is 5.32 Å². The van der Waals surface area contributed by atoms with E-state index in [1.165, 1.54) is 11.7 Å². The minimum Gasteiger partial charge on any atom is -0.462 e. The maximum absolute atomic E-state index is 12.8. The summed E-state index contributed by atoms with van der Waals surface area (Å²) in [5, 5.41) is 12.3. The van der Waals surface area contributed by atoms with Crippen molar-refractivity contribution < 1.29 is 13.9 Å². The highest BCUT2D eigenvalue weighted by atomic mass is 32.1. The van der Waals surface area contributed by atoms with E-state index in [-0.39, 0.29) is 23.7 Å². The number of thiazole rings is 1. The van der Waals surface area contributed by atoms with Gasteiger partial charge < -0.3 is 14.5 Å². The van der Waals surface area contributed by atoms with Crippen LogP contribution in [0.1, 0.15) is 24.4 Å². The van der Waals surface area contributed by atoms with E-state index in [1.807, 2.05) is 13.0 Å². The maximum Gasteiger partial charge on any atom is 0.269 e. The summed E-state index contributed by atoms with van der Waals surface area (Å²) in [6.45, 7) is 2.37. The number of rotatable bonds is 6. The summed E-state index contributed by atoms with van der Waals surface area (Å²) in [5.74, 6) is 0.843. The van der Waals surface area contributed by atoms with Crippen molar-refractivity contribution >= 4 is 28.9 Å². The summed E-state index contributed by atoms with van der Waals surface area (Å²) in [6, 6.07) is 5.65. The Morgan fingerprint density at radius 2 is 2.31 bits per heavy atom. The molecular weight excluding hydrogens is 354 g/mol. The molecule has 0 radical (unpaired) electrons. The smallest absolute Gasteiger partial charge is 0.269 e. The zero-order valence-corrected chi connectivity index (χ0v) is 15.4. The van der Waals surface area contributed by atoms with Crippen LogP contribution in [0.15, 0.2) is 21.3 Å². The van der Waals surface area contributed by atoms with Crippen LogP contribution in [0.3, 0.4) is 0 Å². The summed E-state index contributed by atoms with van der Waals surface area (Å²) in [4.78, 5) is 25.2. The molecule has 7 nitrogen and oxygen atoms in total. The number of hydrogen-bond donors (Lipinski definition) is 1. The van der Waals surface area contributed by atoms with Gasteiger partial charge in [0.05, 0.1) is 17.7 Å². The number of aromatic nitrogens is 1. The fourth-order valence-corrected chi connectivity index (χ4v) is 3.54. The molecule has 136 valence electrons. The highest BCUT2D eigenvalue weighted by molar-refractivity contribution is 7.07. The van der Waals surface area contributed by atoms with E-state index >= 15 is 0 Å². The van der Waals surface area contributed by atoms with E-state index in [0.29, 0.717) is 21.6 Å². The summed E-state index contributed by atoms with van der Waals surface area (Å²) < 4.78 is 12.7.